The van der Waals surface area contributed by atoms with E-state index in [2.05, 4.69) is 13.8 Å². The van der Waals surface area contributed by atoms with E-state index in [1.807, 2.05) is 0 Å². The first-order chi connectivity index (χ1) is 8.20. The van der Waals surface area contributed by atoms with Crippen LogP contribution in [0.4, 0.5) is 0 Å². The van der Waals surface area contributed by atoms with Gasteiger partial charge in [-0.3, -0.25) is 4.79 Å². The van der Waals surface area contributed by atoms with Crippen LogP contribution < -0.4 is 0 Å². The van der Waals surface area contributed by atoms with Crippen LogP contribution in [0.15, 0.2) is 0 Å². The second-order valence-corrected chi connectivity index (χ2v) is 4.64. The lowest BCUT2D eigenvalue weighted by Crippen LogP contribution is -2.18. The van der Waals surface area contributed by atoms with Crippen molar-refractivity contribution in [3.8, 4) is 0 Å². The van der Waals surface area contributed by atoms with Crippen molar-refractivity contribution < 1.29 is 14.6 Å². The summed E-state index contributed by atoms with van der Waals surface area (Å²) in [4.78, 5) is 11.3. The van der Waals surface area contributed by atoms with Gasteiger partial charge in [0.05, 0.1) is 6.10 Å². The van der Waals surface area contributed by atoms with Crippen molar-refractivity contribution in [1.82, 2.24) is 0 Å². The van der Waals surface area contributed by atoms with Crippen molar-refractivity contribution in [2.24, 2.45) is 0 Å². The average molecular weight is 244 g/mol. The third-order valence-corrected chi connectivity index (χ3v) is 2.81. The van der Waals surface area contributed by atoms with E-state index in [1.54, 1.807) is 0 Å². The fourth-order valence-corrected chi connectivity index (χ4v) is 1.67. The van der Waals surface area contributed by atoms with Crippen LogP contribution in [0.1, 0.15) is 71.6 Å². The molecule has 0 rings (SSSR count). The predicted molar refractivity (Wildman–Crippen MR) is 69.9 cm³/mol. The van der Waals surface area contributed by atoms with Gasteiger partial charge < -0.3 is 9.84 Å². The van der Waals surface area contributed by atoms with E-state index in [9.17, 15) is 9.90 Å². The summed E-state index contributed by atoms with van der Waals surface area (Å²) in [6.45, 7) is 4.43. The highest BCUT2D eigenvalue weighted by Gasteiger charge is 2.08. The van der Waals surface area contributed by atoms with Crippen molar-refractivity contribution >= 4 is 5.97 Å². The van der Waals surface area contributed by atoms with Gasteiger partial charge in [-0.1, -0.05) is 52.4 Å². The number of carbonyl (C=O) groups is 1. The molecule has 102 valence electrons. The highest BCUT2D eigenvalue weighted by molar-refractivity contribution is 5.69. The van der Waals surface area contributed by atoms with E-state index in [1.165, 1.54) is 12.8 Å². The molecule has 1 atom stereocenters. The highest BCUT2D eigenvalue weighted by Crippen LogP contribution is 2.07. The molecule has 0 radical (unpaired) electrons. The first kappa shape index (κ1) is 16.4. The van der Waals surface area contributed by atoms with Gasteiger partial charge in [-0.2, -0.15) is 0 Å². The van der Waals surface area contributed by atoms with Crippen molar-refractivity contribution in [2.75, 3.05) is 6.61 Å². The van der Waals surface area contributed by atoms with Gasteiger partial charge in [0.1, 0.15) is 6.61 Å². The van der Waals surface area contributed by atoms with Crippen LogP contribution in [0.5, 0.6) is 0 Å². The lowest BCUT2D eigenvalue weighted by molar-refractivity contribution is -0.146. The Bertz CT molecular complexity index is 180. The predicted octanol–water partition coefficient (Wildman–Crippen LogP) is 3.44. The van der Waals surface area contributed by atoms with E-state index < -0.39 is 6.10 Å². The van der Waals surface area contributed by atoms with Gasteiger partial charge in [0.2, 0.25) is 0 Å². The van der Waals surface area contributed by atoms with Crippen molar-refractivity contribution in [3.05, 3.63) is 0 Å². The first-order valence-electron chi connectivity index (χ1n) is 7.04. The van der Waals surface area contributed by atoms with Crippen LogP contribution in [-0.4, -0.2) is 23.8 Å². The monoisotopic (exact) mass is 244 g/mol. The Balaban J connectivity index is 3.35. The lowest BCUT2D eigenvalue weighted by atomic mass is 10.1. The SMILES string of the molecule is CCCCCCC(O)COC(=O)CCCCC. The Hall–Kier alpha value is -0.570. The molecular weight excluding hydrogens is 216 g/mol. The second kappa shape index (κ2) is 11.9. The van der Waals surface area contributed by atoms with Gasteiger partial charge in [-0.25, -0.2) is 0 Å². The zero-order valence-corrected chi connectivity index (χ0v) is 11.4. The van der Waals surface area contributed by atoms with E-state index >= 15 is 0 Å². The van der Waals surface area contributed by atoms with Gasteiger partial charge in [-0.05, 0) is 12.8 Å². The number of rotatable bonds is 11. The number of unbranched alkanes of at least 4 members (excludes halogenated alkanes) is 5. The Morgan fingerprint density at radius 1 is 1.06 bits per heavy atom. The molecule has 1 N–H and O–H groups in total. The summed E-state index contributed by atoms with van der Waals surface area (Å²) in [5.74, 6) is -0.175. The van der Waals surface area contributed by atoms with E-state index in [0.29, 0.717) is 6.42 Å². The smallest absolute Gasteiger partial charge is 0.305 e. The minimum atomic E-state index is -0.484. The van der Waals surface area contributed by atoms with Crippen LogP contribution >= 0.6 is 0 Å². The molecule has 0 aromatic rings. The zero-order chi connectivity index (χ0) is 12.9. The Morgan fingerprint density at radius 2 is 1.71 bits per heavy atom. The second-order valence-electron chi connectivity index (χ2n) is 4.64. The zero-order valence-electron chi connectivity index (χ0n) is 11.4. The third-order valence-electron chi connectivity index (χ3n) is 2.81. The highest BCUT2D eigenvalue weighted by atomic mass is 16.5. The minimum absolute atomic E-state index is 0.164. The molecule has 0 amide bonds. The Labute approximate surface area is 106 Å². The molecule has 0 aromatic carbocycles. The largest absolute Gasteiger partial charge is 0.463 e. The first-order valence-corrected chi connectivity index (χ1v) is 7.04. The van der Waals surface area contributed by atoms with Crippen LogP contribution in [0, 0.1) is 0 Å². The number of ether oxygens (including phenoxy) is 1. The normalized spacial score (nSPS) is 12.4. The number of hydrogen-bond acceptors (Lipinski definition) is 3. The molecule has 0 heterocycles. The van der Waals surface area contributed by atoms with Gasteiger partial charge in [0, 0.05) is 6.42 Å². The topological polar surface area (TPSA) is 46.5 Å². The molecule has 3 heteroatoms. The number of hydrogen-bond donors (Lipinski definition) is 1. The maximum absolute atomic E-state index is 11.3. The van der Waals surface area contributed by atoms with Crippen LogP contribution in [-0.2, 0) is 9.53 Å². The molecule has 0 saturated carbocycles. The van der Waals surface area contributed by atoms with Crippen molar-refractivity contribution in [3.63, 3.8) is 0 Å². The van der Waals surface area contributed by atoms with Gasteiger partial charge >= 0.3 is 5.97 Å². The molecular formula is C14H28O3. The van der Waals surface area contributed by atoms with Crippen LogP contribution in [0.3, 0.4) is 0 Å². The summed E-state index contributed by atoms with van der Waals surface area (Å²) in [5, 5.41) is 9.59. The molecule has 0 aliphatic heterocycles. The van der Waals surface area contributed by atoms with Gasteiger partial charge in [0.25, 0.3) is 0 Å². The maximum atomic E-state index is 11.3. The number of carbonyl (C=O) groups excluding carboxylic acids is 1. The maximum Gasteiger partial charge on any atom is 0.305 e. The van der Waals surface area contributed by atoms with Crippen molar-refractivity contribution in [1.29, 1.82) is 0 Å². The van der Waals surface area contributed by atoms with Crippen LogP contribution in [0.2, 0.25) is 0 Å². The summed E-state index contributed by atoms with van der Waals surface area (Å²) < 4.78 is 5.02. The summed E-state index contributed by atoms with van der Waals surface area (Å²) >= 11 is 0. The molecule has 0 bridgehead atoms. The van der Waals surface area contributed by atoms with Crippen LogP contribution in [0.25, 0.3) is 0 Å². The third kappa shape index (κ3) is 11.7. The molecule has 0 spiro atoms. The Kier molecular flexibility index (Phi) is 11.5. The quantitative estimate of drug-likeness (QED) is 0.447. The number of aliphatic hydroxyl groups excluding tert-OH is 1. The standard InChI is InChI=1S/C14H28O3/c1-3-5-7-9-10-13(15)12-17-14(16)11-8-6-4-2/h13,15H,3-12H2,1-2H3. The van der Waals surface area contributed by atoms with E-state index in [4.69, 9.17) is 4.74 Å². The van der Waals surface area contributed by atoms with E-state index in [0.717, 1.165) is 38.5 Å². The van der Waals surface area contributed by atoms with E-state index in [-0.39, 0.29) is 12.6 Å². The fourth-order valence-electron chi connectivity index (χ4n) is 1.67. The number of esters is 1. The molecule has 1 unspecified atom stereocenters. The molecule has 17 heavy (non-hydrogen) atoms. The molecule has 0 aliphatic carbocycles. The summed E-state index contributed by atoms with van der Waals surface area (Å²) in [7, 11) is 0. The lowest BCUT2D eigenvalue weighted by Gasteiger charge is -2.11. The number of aliphatic hydroxyl groups is 1. The molecule has 0 aromatic heterocycles. The molecule has 0 saturated heterocycles. The average Bonchev–Trinajstić information content (AvgIpc) is 2.32. The molecule has 0 fully saturated rings. The molecule has 0 aliphatic rings. The summed E-state index contributed by atoms with van der Waals surface area (Å²) in [6.07, 6.45) is 8.37. The summed E-state index contributed by atoms with van der Waals surface area (Å²) in [5.41, 5.74) is 0. The fraction of sp³-hybridized carbons (Fsp3) is 0.929. The van der Waals surface area contributed by atoms with Crippen molar-refractivity contribution in [2.45, 2.75) is 77.7 Å². The molecule has 3 nitrogen and oxygen atoms in total. The summed E-state index contributed by atoms with van der Waals surface area (Å²) in [6, 6.07) is 0. The van der Waals surface area contributed by atoms with Gasteiger partial charge in [0.15, 0.2) is 0 Å². The van der Waals surface area contributed by atoms with Gasteiger partial charge in [-0.15, -0.1) is 0 Å². The minimum Gasteiger partial charge on any atom is -0.463 e. The Morgan fingerprint density at radius 3 is 2.35 bits per heavy atom.